The maximum Gasteiger partial charge on any atom is 0.271 e. The number of carbonyl (C=O) groups is 1. The molecule has 0 saturated heterocycles. The van der Waals surface area contributed by atoms with E-state index in [4.69, 9.17) is 4.74 Å². The van der Waals surface area contributed by atoms with Crippen LogP contribution < -0.4 is 14.4 Å². The van der Waals surface area contributed by atoms with Crippen LogP contribution in [0.4, 0.5) is 17.1 Å². The molecule has 0 fully saturated rings. The van der Waals surface area contributed by atoms with E-state index < -0.39 is 14.9 Å². The van der Waals surface area contributed by atoms with Crippen molar-refractivity contribution >= 4 is 33.0 Å². The quantitative estimate of drug-likeness (QED) is 0.450. The molecule has 32 heavy (non-hydrogen) atoms. The third kappa shape index (κ3) is 4.00. The van der Waals surface area contributed by atoms with Crippen molar-refractivity contribution in [3.8, 4) is 5.75 Å². The molecule has 3 aromatic carbocycles. The highest BCUT2D eigenvalue weighted by molar-refractivity contribution is 7.92. The molecule has 4 rings (SSSR count). The smallest absolute Gasteiger partial charge is 0.271 e. The first kappa shape index (κ1) is 21.3. The number of rotatable bonds is 6. The normalized spacial score (nSPS) is 12.8. The first-order valence-corrected chi connectivity index (χ1v) is 11.1. The zero-order chi connectivity index (χ0) is 22.9. The van der Waals surface area contributed by atoms with Gasteiger partial charge in [-0.15, -0.1) is 0 Å². The predicted octanol–water partition coefficient (Wildman–Crippen LogP) is 3.61. The molecule has 1 aliphatic heterocycles. The van der Waals surface area contributed by atoms with Crippen LogP contribution in [-0.4, -0.2) is 32.9 Å². The number of para-hydroxylation sites is 1. The van der Waals surface area contributed by atoms with E-state index in [0.717, 1.165) is 23.7 Å². The van der Waals surface area contributed by atoms with Crippen molar-refractivity contribution < 1.29 is 22.9 Å². The molecular formula is C22H19N3O6S. The Kier molecular flexibility index (Phi) is 5.54. The van der Waals surface area contributed by atoms with Crippen LogP contribution in [0.5, 0.6) is 5.75 Å². The van der Waals surface area contributed by atoms with E-state index in [2.05, 4.69) is 4.72 Å². The predicted molar refractivity (Wildman–Crippen MR) is 119 cm³/mol. The average Bonchev–Trinajstić information content (AvgIpc) is 3.22. The molecule has 9 nitrogen and oxygen atoms in total. The minimum absolute atomic E-state index is 0.0597. The summed E-state index contributed by atoms with van der Waals surface area (Å²) in [5.41, 5.74) is 1.96. The standard InChI is InChI=1S/C22H19N3O6S/c1-31-21-11-8-17(25(27)28)14-19(21)23-32(29,30)18-9-6-16(7-10-18)22(26)24-13-12-15-4-2-3-5-20(15)24/h2-11,14,23H,12-13H2,1H3. The van der Waals surface area contributed by atoms with Gasteiger partial charge in [0.1, 0.15) is 5.75 Å². The monoisotopic (exact) mass is 453 g/mol. The number of nitro groups is 1. The Hall–Kier alpha value is -3.92. The molecule has 0 aromatic heterocycles. The van der Waals surface area contributed by atoms with Gasteiger partial charge in [-0.05, 0) is 48.4 Å². The second-order valence-electron chi connectivity index (χ2n) is 7.11. The van der Waals surface area contributed by atoms with Crippen molar-refractivity contribution in [2.45, 2.75) is 11.3 Å². The highest BCUT2D eigenvalue weighted by Gasteiger charge is 2.26. The second kappa shape index (κ2) is 8.31. The van der Waals surface area contributed by atoms with Crippen molar-refractivity contribution in [3.63, 3.8) is 0 Å². The van der Waals surface area contributed by atoms with Gasteiger partial charge in [0.25, 0.3) is 21.6 Å². The van der Waals surface area contributed by atoms with Crippen LogP contribution in [0.25, 0.3) is 0 Å². The number of anilines is 2. The number of hydrogen-bond acceptors (Lipinski definition) is 6. The number of nitrogens with one attached hydrogen (secondary N) is 1. The maximum atomic E-state index is 12.9. The van der Waals surface area contributed by atoms with Gasteiger partial charge in [-0.1, -0.05) is 18.2 Å². The van der Waals surface area contributed by atoms with Gasteiger partial charge in [-0.25, -0.2) is 8.42 Å². The van der Waals surface area contributed by atoms with E-state index in [1.807, 2.05) is 24.3 Å². The fourth-order valence-corrected chi connectivity index (χ4v) is 4.64. The number of carbonyl (C=O) groups excluding carboxylic acids is 1. The van der Waals surface area contributed by atoms with E-state index in [9.17, 15) is 23.3 Å². The third-order valence-electron chi connectivity index (χ3n) is 5.18. The molecule has 10 heteroatoms. The van der Waals surface area contributed by atoms with Crippen LogP contribution >= 0.6 is 0 Å². The van der Waals surface area contributed by atoms with Gasteiger partial charge in [0.05, 0.1) is 22.6 Å². The molecule has 0 aliphatic carbocycles. The van der Waals surface area contributed by atoms with Crippen molar-refractivity contribution in [2.75, 3.05) is 23.3 Å². The van der Waals surface area contributed by atoms with E-state index >= 15 is 0 Å². The number of fused-ring (bicyclic) bond motifs is 1. The van der Waals surface area contributed by atoms with Crippen LogP contribution in [0.1, 0.15) is 15.9 Å². The molecule has 0 bridgehead atoms. The number of nitro benzene ring substituents is 1. The lowest BCUT2D eigenvalue weighted by Gasteiger charge is -2.17. The number of nitrogens with zero attached hydrogens (tertiary/aromatic N) is 2. The number of ether oxygens (including phenoxy) is 1. The van der Waals surface area contributed by atoms with E-state index in [1.54, 1.807) is 4.90 Å². The fraction of sp³-hybridized carbons (Fsp3) is 0.136. The Labute approximate surface area is 184 Å². The Morgan fingerprint density at radius 2 is 1.81 bits per heavy atom. The summed E-state index contributed by atoms with van der Waals surface area (Å²) in [5.74, 6) is -0.0779. The van der Waals surface area contributed by atoms with Crippen molar-refractivity contribution in [1.82, 2.24) is 0 Å². The molecular weight excluding hydrogens is 434 g/mol. The summed E-state index contributed by atoms with van der Waals surface area (Å²) in [6.07, 6.45) is 0.767. The minimum Gasteiger partial charge on any atom is -0.495 e. The number of non-ortho nitro benzene ring substituents is 1. The second-order valence-corrected chi connectivity index (χ2v) is 8.79. The van der Waals surface area contributed by atoms with Crippen molar-refractivity contribution in [2.24, 2.45) is 0 Å². The van der Waals surface area contributed by atoms with E-state index in [1.165, 1.54) is 43.5 Å². The van der Waals surface area contributed by atoms with Crippen LogP contribution in [0.3, 0.4) is 0 Å². The number of sulfonamides is 1. The summed E-state index contributed by atoms with van der Waals surface area (Å²) in [4.78, 5) is 24.9. The van der Waals surface area contributed by atoms with Gasteiger partial charge in [-0.2, -0.15) is 0 Å². The molecule has 1 amide bonds. The highest BCUT2D eigenvalue weighted by atomic mass is 32.2. The summed E-state index contributed by atoms with van der Waals surface area (Å²) in [7, 11) is -2.75. The molecule has 0 saturated carbocycles. The Morgan fingerprint density at radius 1 is 1.09 bits per heavy atom. The molecule has 0 atom stereocenters. The van der Waals surface area contributed by atoms with Gasteiger partial charge in [-0.3, -0.25) is 19.6 Å². The fourth-order valence-electron chi connectivity index (χ4n) is 3.57. The summed E-state index contributed by atoms with van der Waals surface area (Å²) in [6.45, 7) is 0.562. The molecule has 164 valence electrons. The lowest BCUT2D eigenvalue weighted by atomic mass is 10.1. The van der Waals surface area contributed by atoms with Gasteiger partial charge in [0.15, 0.2) is 0 Å². The molecule has 0 unspecified atom stereocenters. The lowest BCUT2D eigenvalue weighted by Crippen LogP contribution is -2.28. The van der Waals surface area contributed by atoms with Crippen molar-refractivity contribution in [3.05, 3.63) is 88.0 Å². The summed E-state index contributed by atoms with van der Waals surface area (Å²) >= 11 is 0. The van der Waals surface area contributed by atoms with Crippen LogP contribution in [0.15, 0.2) is 71.6 Å². The van der Waals surface area contributed by atoms with E-state index in [-0.39, 0.29) is 27.9 Å². The number of amides is 1. The summed E-state index contributed by atoms with van der Waals surface area (Å²) < 4.78 is 33.1. The van der Waals surface area contributed by atoms with Gasteiger partial charge < -0.3 is 9.64 Å². The maximum absolute atomic E-state index is 12.9. The summed E-state index contributed by atoms with van der Waals surface area (Å²) in [5, 5.41) is 11.0. The highest BCUT2D eigenvalue weighted by Crippen LogP contribution is 2.32. The molecule has 1 N–H and O–H groups in total. The topological polar surface area (TPSA) is 119 Å². The zero-order valence-corrected chi connectivity index (χ0v) is 17.8. The minimum atomic E-state index is -4.08. The Bertz CT molecular complexity index is 1310. The van der Waals surface area contributed by atoms with Crippen LogP contribution in [-0.2, 0) is 16.4 Å². The largest absolute Gasteiger partial charge is 0.495 e. The lowest BCUT2D eigenvalue weighted by molar-refractivity contribution is -0.384. The van der Waals surface area contributed by atoms with Crippen LogP contribution in [0, 0.1) is 10.1 Å². The van der Waals surface area contributed by atoms with Gasteiger partial charge >= 0.3 is 0 Å². The van der Waals surface area contributed by atoms with E-state index in [0.29, 0.717) is 12.1 Å². The first-order valence-electron chi connectivity index (χ1n) is 9.65. The van der Waals surface area contributed by atoms with Crippen molar-refractivity contribution in [1.29, 1.82) is 0 Å². The summed E-state index contributed by atoms with van der Waals surface area (Å²) in [6, 6.07) is 16.8. The van der Waals surface area contributed by atoms with Gasteiger partial charge in [0.2, 0.25) is 0 Å². The average molecular weight is 453 g/mol. The van der Waals surface area contributed by atoms with Gasteiger partial charge in [0, 0.05) is 29.9 Å². The molecule has 3 aromatic rings. The number of hydrogen-bond donors (Lipinski definition) is 1. The third-order valence-corrected chi connectivity index (χ3v) is 6.56. The Morgan fingerprint density at radius 3 is 2.50 bits per heavy atom. The molecule has 1 heterocycles. The first-order chi connectivity index (χ1) is 15.3. The Balaban J connectivity index is 1.57. The molecule has 1 aliphatic rings. The SMILES string of the molecule is COc1ccc([N+](=O)[O-])cc1NS(=O)(=O)c1ccc(C(=O)N2CCc3ccccc32)cc1. The zero-order valence-electron chi connectivity index (χ0n) is 17.0. The molecule has 0 spiro atoms. The number of methoxy groups -OCH3 is 1. The molecule has 0 radical (unpaired) electrons. The van der Waals surface area contributed by atoms with Crippen LogP contribution in [0.2, 0.25) is 0 Å². The number of benzene rings is 3.